The van der Waals surface area contributed by atoms with Crippen molar-refractivity contribution in [2.24, 2.45) is 5.10 Å². The van der Waals surface area contributed by atoms with Crippen LogP contribution < -0.4 is 5.56 Å². The lowest BCUT2D eigenvalue weighted by atomic mass is 9.97. The van der Waals surface area contributed by atoms with E-state index in [1.54, 1.807) is 17.6 Å². The van der Waals surface area contributed by atoms with E-state index in [1.807, 2.05) is 38.1 Å². The highest BCUT2D eigenvalue weighted by Crippen LogP contribution is 2.28. The minimum Gasteiger partial charge on any atom is -0.267 e. The second kappa shape index (κ2) is 6.39. The van der Waals surface area contributed by atoms with Crippen molar-refractivity contribution in [2.45, 2.75) is 13.8 Å². The van der Waals surface area contributed by atoms with Crippen molar-refractivity contribution in [3.05, 3.63) is 87.3 Å². The van der Waals surface area contributed by atoms with Crippen molar-refractivity contribution >= 4 is 49.3 Å². The summed E-state index contributed by atoms with van der Waals surface area (Å²) in [6.45, 7) is 3.97. The number of hydrogen-bond acceptors (Lipinski definition) is 4. The molecule has 2 heterocycles. The molecule has 4 nitrogen and oxygen atoms in total. The molecule has 136 valence electrons. The smallest absolute Gasteiger partial charge is 0.267 e. The molecule has 0 amide bonds. The molecule has 0 fully saturated rings. The number of aromatic nitrogens is 2. The first kappa shape index (κ1) is 16.8. The first-order valence-corrected chi connectivity index (χ1v) is 9.87. The zero-order valence-electron chi connectivity index (χ0n) is 15.5. The molecule has 0 saturated carbocycles. The molecule has 5 aromatic rings. The number of aryl methyl sites for hydroxylation is 2. The van der Waals surface area contributed by atoms with Crippen molar-refractivity contribution in [1.29, 1.82) is 0 Å². The standard InChI is InChI=1S/C23H17N3OS/c1-14-15(2)28-22-21(14)23(27)26(13-24-22)25-12-20-18-9-5-3-7-16(18)11-17-8-4-6-10-19(17)20/h3-13H,1-2H3/b25-12+. The van der Waals surface area contributed by atoms with Crippen LogP contribution >= 0.6 is 11.3 Å². The van der Waals surface area contributed by atoms with Crippen LogP contribution in [0.4, 0.5) is 0 Å². The van der Waals surface area contributed by atoms with E-state index in [9.17, 15) is 4.79 Å². The maximum atomic E-state index is 12.9. The largest absolute Gasteiger partial charge is 0.282 e. The van der Waals surface area contributed by atoms with Crippen LogP contribution in [0.5, 0.6) is 0 Å². The molecule has 0 aliphatic carbocycles. The lowest BCUT2D eigenvalue weighted by molar-refractivity contribution is 0.818. The Balaban J connectivity index is 1.75. The zero-order valence-corrected chi connectivity index (χ0v) is 16.3. The van der Waals surface area contributed by atoms with Crippen molar-refractivity contribution in [3.8, 4) is 0 Å². The predicted octanol–water partition coefficient (Wildman–Crippen LogP) is 5.26. The molecule has 0 saturated heterocycles. The van der Waals surface area contributed by atoms with Crippen LogP contribution in [0, 0.1) is 13.8 Å². The van der Waals surface area contributed by atoms with Crippen LogP contribution in [-0.4, -0.2) is 15.9 Å². The molecule has 0 bridgehead atoms. The van der Waals surface area contributed by atoms with E-state index >= 15 is 0 Å². The van der Waals surface area contributed by atoms with Crippen molar-refractivity contribution in [1.82, 2.24) is 9.66 Å². The number of thiophene rings is 1. The van der Waals surface area contributed by atoms with Gasteiger partial charge in [0.05, 0.1) is 11.6 Å². The van der Waals surface area contributed by atoms with E-state index in [4.69, 9.17) is 0 Å². The van der Waals surface area contributed by atoms with Gasteiger partial charge in [0, 0.05) is 10.4 Å². The molecule has 3 aromatic carbocycles. The summed E-state index contributed by atoms with van der Waals surface area (Å²) in [6.07, 6.45) is 3.28. The highest BCUT2D eigenvalue weighted by molar-refractivity contribution is 7.18. The summed E-state index contributed by atoms with van der Waals surface area (Å²) in [6, 6.07) is 18.6. The third kappa shape index (κ3) is 2.55. The predicted molar refractivity (Wildman–Crippen MR) is 118 cm³/mol. The number of nitrogens with zero attached hydrogens (tertiary/aromatic N) is 3. The maximum Gasteiger partial charge on any atom is 0.282 e. The Kier molecular flexibility index (Phi) is 3.84. The van der Waals surface area contributed by atoms with E-state index in [0.717, 1.165) is 42.4 Å². The number of rotatable bonds is 2. The maximum absolute atomic E-state index is 12.9. The lowest BCUT2D eigenvalue weighted by Crippen LogP contribution is -2.17. The fourth-order valence-electron chi connectivity index (χ4n) is 3.62. The molecule has 0 unspecified atom stereocenters. The van der Waals surface area contributed by atoms with Gasteiger partial charge in [-0.2, -0.15) is 9.78 Å². The van der Waals surface area contributed by atoms with Gasteiger partial charge in [0.25, 0.3) is 5.56 Å². The Bertz CT molecular complexity index is 1410. The van der Waals surface area contributed by atoms with Crippen LogP contribution in [0.1, 0.15) is 16.0 Å². The monoisotopic (exact) mass is 383 g/mol. The first-order valence-electron chi connectivity index (χ1n) is 9.05. The highest BCUT2D eigenvalue weighted by atomic mass is 32.1. The average Bonchev–Trinajstić information content (AvgIpc) is 3.01. The summed E-state index contributed by atoms with van der Waals surface area (Å²) in [4.78, 5) is 19.2. The summed E-state index contributed by atoms with van der Waals surface area (Å²) in [5, 5.41) is 9.66. The average molecular weight is 383 g/mol. The second-order valence-corrected chi connectivity index (χ2v) is 8.04. The van der Waals surface area contributed by atoms with Gasteiger partial charge in [-0.3, -0.25) is 4.79 Å². The fourth-order valence-corrected chi connectivity index (χ4v) is 4.60. The molecule has 0 aliphatic heterocycles. The molecule has 0 N–H and O–H groups in total. The van der Waals surface area contributed by atoms with Gasteiger partial charge in [-0.05, 0) is 47.0 Å². The van der Waals surface area contributed by atoms with E-state index < -0.39 is 0 Å². The van der Waals surface area contributed by atoms with E-state index in [2.05, 4.69) is 40.4 Å². The SMILES string of the molecule is Cc1sc2ncn(/N=C/c3c4ccccc4cc4ccccc34)c(=O)c2c1C. The van der Waals surface area contributed by atoms with Crippen molar-refractivity contribution < 1.29 is 0 Å². The molecule has 5 rings (SSSR count). The number of benzene rings is 3. The van der Waals surface area contributed by atoms with Gasteiger partial charge in [-0.1, -0.05) is 48.5 Å². The van der Waals surface area contributed by atoms with E-state index in [-0.39, 0.29) is 5.56 Å². The minimum absolute atomic E-state index is 0.132. The third-order valence-electron chi connectivity index (χ3n) is 5.20. The molecule has 2 aromatic heterocycles. The van der Waals surface area contributed by atoms with Gasteiger partial charge in [0.1, 0.15) is 11.2 Å². The van der Waals surface area contributed by atoms with E-state index in [0.29, 0.717) is 5.39 Å². The lowest BCUT2D eigenvalue weighted by Gasteiger charge is -2.08. The van der Waals surface area contributed by atoms with Gasteiger partial charge >= 0.3 is 0 Å². The Hall–Kier alpha value is -3.31. The summed E-state index contributed by atoms with van der Waals surface area (Å²) >= 11 is 1.54. The fraction of sp³-hybridized carbons (Fsp3) is 0.0870. The summed E-state index contributed by atoms with van der Waals surface area (Å²) in [5.74, 6) is 0. The summed E-state index contributed by atoms with van der Waals surface area (Å²) in [7, 11) is 0. The second-order valence-electron chi connectivity index (χ2n) is 6.83. The minimum atomic E-state index is -0.132. The Morgan fingerprint density at radius 1 is 1.00 bits per heavy atom. The normalized spacial score (nSPS) is 11.9. The number of fused-ring (bicyclic) bond motifs is 3. The number of hydrogen-bond donors (Lipinski definition) is 0. The molecule has 0 spiro atoms. The van der Waals surface area contributed by atoms with Crippen LogP contribution in [0.3, 0.4) is 0 Å². The van der Waals surface area contributed by atoms with Crippen LogP contribution in [0.25, 0.3) is 31.8 Å². The van der Waals surface area contributed by atoms with Gasteiger partial charge in [-0.25, -0.2) is 4.98 Å². The molecule has 28 heavy (non-hydrogen) atoms. The molecule has 0 atom stereocenters. The van der Waals surface area contributed by atoms with Crippen LogP contribution in [0.2, 0.25) is 0 Å². The van der Waals surface area contributed by atoms with Gasteiger partial charge in [0.15, 0.2) is 0 Å². The van der Waals surface area contributed by atoms with Gasteiger partial charge in [-0.15, -0.1) is 11.3 Å². The quantitative estimate of drug-likeness (QED) is 0.308. The topological polar surface area (TPSA) is 47.2 Å². The van der Waals surface area contributed by atoms with Gasteiger partial charge in [0.2, 0.25) is 0 Å². The van der Waals surface area contributed by atoms with Gasteiger partial charge < -0.3 is 0 Å². The van der Waals surface area contributed by atoms with Crippen LogP contribution in [-0.2, 0) is 0 Å². The Labute approximate surface area is 165 Å². The van der Waals surface area contributed by atoms with Crippen molar-refractivity contribution in [3.63, 3.8) is 0 Å². The Morgan fingerprint density at radius 3 is 2.32 bits per heavy atom. The molecule has 5 heteroatoms. The third-order valence-corrected chi connectivity index (χ3v) is 6.31. The van der Waals surface area contributed by atoms with E-state index in [1.165, 1.54) is 11.0 Å². The molecular weight excluding hydrogens is 366 g/mol. The van der Waals surface area contributed by atoms with Crippen LogP contribution in [0.15, 0.2) is 70.8 Å². The zero-order chi connectivity index (χ0) is 19.3. The summed E-state index contributed by atoms with van der Waals surface area (Å²) < 4.78 is 1.33. The highest BCUT2D eigenvalue weighted by Gasteiger charge is 2.12. The molecule has 0 aliphatic rings. The molecule has 0 radical (unpaired) electrons. The Morgan fingerprint density at radius 2 is 1.64 bits per heavy atom. The molecular formula is C23H17N3OS. The first-order chi connectivity index (χ1) is 13.6. The van der Waals surface area contributed by atoms with Crippen molar-refractivity contribution in [2.75, 3.05) is 0 Å². The summed E-state index contributed by atoms with van der Waals surface area (Å²) in [5.41, 5.74) is 1.85.